The van der Waals surface area contributed by atoms with Crippen molar-refractivity contribution in [2.24, 2.45) is 0 Å². The van der Waals surface area contributed by atoms with E-state index in [-0.39, 0.29) is 0 Å². The van der Waals surface area contributed by atoms with Gasteiger partial charge in [0.05, 0.1) is 35.2 Å². The van der Waals surface area contributed by atoms with Gasteiger partial charge in [0, 0.05) is 45.1 Å². The number of pyridine rings is 2. The number of nitrogens with zero attached hydrogens (tertiary/aromatic N) is 7. The smallest absolute Gasteiger partial charge is 0.227 e. The predicted molar refractivity (Wildman–Crippen MR) is 147 cm³/mol. The predicted octanol–water partition coefficient (Wildman–Crippen LogP) is 4.73. The van der Waals surface area contributed by atoms with Crippen molar-refractivity contribution < 1.29 is 0 Å². The first-order chi connectivity index (χ1) is 18.2. The summed E-state index contributed by atoms with van der Waals surface area (Å²) in [6, 6.07) is 20.5. The van der Waals surface area contributed by atoms with Gasteiger partial charge in [-0.25, -0.2) is 15.0 Å². The van der Waals surface area contributed by atoms with E-state index in [0.717, 1.165) is 78.8 Å². The third-order valence-corrected chi connectivity index (χ3v) is 6.91. The normalized spacial score (nSPS) is 14.7. The van der Waals surface area contributed by atoms with Gasteiger partial charge in [-0.15, -0.1) is 0 Å². The van der Waals surface area contributed by atoms with Crippen LogP contribution in [0.4, 0.5) is 11.6 Å². The third kappa shape index (κ3) is 5.21. The molecule has 1 aliphatic rings. The lowest BCUT2D eigenvalue weighted by Gasteiger charge is -2.33. The summed E-state index contributed by atoms with van der Waals surface area (Å²) in [5.41, 5.74) is 6.80. The highest BCUT2D eigenvalue weighted by Crippen LogP contribution is 2.25. The molecule has 37 heavy (non-hydrogen) atoms. The molecule has 8 nitrogen and oxygen atoms in total. The van der Waals surface area contributed by atoms with E-state index in [1.54, 1.807) is 6.20 Å². The average Bonchev–Trinajstić information content (AvgIpc) is 3.39. The maximum absolute atomic E-state index is 4.77. The summed E-state index contributed by atoms with van der Waals surface area (Å²) in [7, 11) is 0. The summed E-state index contributed by atoms with van der Waals surface area (Å²) in [6.07, 6.45) is 7.58. The Hall–Kier alpha value is -4.14. The zero-order valence-corrected chi connectivity index (χ0v) is 21.0. The summed E-state index contributed by atoms with van der Waals surface area (Å²) in [4.78, 5) is 23.4. The van der Waals surface area contributed by atoms with Gasteiger partial charge in [-0.05, 0) is 48.0 Å². The molecule has 0 bridgehead atoms. The van der Waals surface area contributed by atoms with Crippen molar-refractivity contribution in [1.82, 2.24) is 34.1 Å². The number of aromatic nitrogens is 5. The van der Waals surface area contributed by atoms with E-state index in [1.807, 2.05) is 48.8 Å². The number of anilines is 2. The molecule has 4 aromatic heterocycles. The number of hydrogen-bond acceptors (Lipinski definition) is 7. The van der Waals surface area contributed by atoms with Crippen molar-refractivity contribution in [2.75, 3.05) is 38.0 Å². The lowest BCUT2D eigenvalue weighted by atomic mass is 10.1. The van der Waals surface area contributed by atoms with Crippen LogP contribution in [0, 0.1) is 0 Å². The van der Waals surface area contributed by atoms with Crippen LogP contribution in [-0.2, 0) is 6.54 Å². The van der Waals surface area contributed by atoms with E-state index < -0.39 is 0 Å². The van der Waals surface area contributed by atoms with Gasteiger partial charge < -0.3 is 10.2 Å². The summed E-state index contributed by atoms with van der Waals surface area (Å²) < 4.78 is 2.07. The zero-order valence-electron chi connectivity index (χ0n) is 21.0. The number of fused-ring (bicyclic) bond motifs is 1. The fraction of sp³-hybridized carbons (Fsp3) is 0.241. The Morgan fingerprint density at radius 3 is 2.41 bits per heavy atom. The molecule has 1 aliphatic heterocycles. The largest absolute Gasteiger partial charge is 0.323 e. The van der Waals surface area contributed by atoms with Crippen LogP contribution in [0.2, 0.25) is 0 Å². The molecule has 5 aromatic rings. The van der Waals surface area contributed by atoms with E-state index in [0.29, 0.717) is 5.95 Å². The van der Waals surface area contributed by atoms with E-state index in [4.69, 9.17) is 4.98 Å². The number of hydrogen-bond donors (Lipinski definition) is 1. The van der Waals surface area contributed by atoms with Crippen LogP contribution in [0.5, 0.6) is 0 Å². The van der Waals surface area contributed by atoms with Crippen LogP contribution >= 0.6 is 0 Å². The van der Waals surface area contributed by atoms with E-state index in [9.17, 15) is 0 Å². The van der Waals surface area contributed by atoms with Crippen LogP contribution in [0.1, 0.15) is 12.6 Å². The highest BCUT2D eigenvalue weighted by atomic mass is 15.3. The topological polar surface area (TPSA) is 74.5 Å². The highest BCUT2D eigenvalue weighted by molar-refractivity contribution is 5.68. The molecule has 1 aromatic carbocycles. The second-order valence-electron chi connectivity index (χ2n) is 9.29. The van der Waals surface area contributed by atoms with Crippen LogP contribution < -0.4 is 5.32 Å². The van der Waals surface area contributed by atoms with Crippen molar-refractivity contribution in [3.05, 3.63) is 91.1 Å². The minimum absolute atomic E-state index is 0.525. The van der Waals surface area contributed by atoms with E-state index in [2.05, 4.69) is 71.9 Å². The fourth-order valence-corrected chi connectivity index (χ4v) is 4.75. The van der Waals surface area contributed by atoms with Gasteiger partial charge in [-0.3, -0.25) is 14.3 Å². The summed E-state index contributed by atoms with van der Waals surface area (Å²) in [5.74, 6) is 0.525. The Bertz CT molecular complexity index is 1470. The number of rotatable bonds is 7. The molecule has 0 amide bonds. The lowest BCUT2D eigenvalue weighted by Crippen LogP contribution is -2.45. The summed E-state index contributed by atoms with van der Waals surface area (Å²) in [6.45, 7) is 8.67. The van der Waals surface area contributed by atoms with Crippen molar-refractivity contribution in [2.45, 2.75) is 13.5 Å². The molecule has 186 valence electrons. The molecule has 1 saturated heterocycles. The monoisotopic (exact) mass is 490 g/mol. The standard InChI is InChI=1S/C29H30N8/c1-2-35-14-16-36(17-15-35)21-25-10-9-24(18-31-25)33-29-30-13-12-26(34-29)27-19-32-28-11-8-23(20-37(27)28)22-6-4-3-5-7-22/h3-13,18-20H,2,14-17,21H2,1H3,(H,30,33,34). The molecule has 8 heteroatoms. The quantitative estimate of drug-likeness (QED) is 0.353. The van der Waals surface area contributed by atoms with Gasteiger partial charge in [-0.1, -0.05) is 37.3 Å². The van der Waals surface area contributed by atoms with Crippen molar-refractivity contribution in [3.63, 3.8) is 0 Å². The van der Waals surface area contributed by atoms with Gasteiger partial charge in [0.1, 0.15) is 5.65 Å². The van der Waals surface area contributed by atoms with Crippen LogP contribution in [0.3, 0.4) is 0 Å². The van der Waals surface area contributed by atoms with Crippen LogP contribution in [0.25, 0.3) is 28.2 Å². The van der Waals surface area contributed by atoms with E-state index >= 15 is 0 Å². The lowest BCUT2D eigenvalue weighted by molar-refractivity contribution is 0.131. The van der Waals surface area contributed by atoms with Crippen molar-refractivity contribution in [3.8, 4) is 22.5 Å². The molecular formula is C29H30N8. The zero-order chi connectivity index (χ0) is 25.0. The van der Waals surface area contributed by atoms with Gasteiger partial charge >= 0.3 is 0 Å². The first kappa shape index (κ1) is 23.3. The maximum atomic E-state index is 4.77. The SMILES string of the molecule is CCN1CCN(Cc2ccc(Nc3nccc(-c4cnc5ccc(-c6ccccc6)cn45)n3)cn2)CC1. The van der Waals surface area contributed by atoms with E-state index in [1.165, 1.54) is 0 Å². The molecule has 6 rings (SSSR count). The number of nitrogens with one attached hydrogen (secondary N) is 1. The molecular weight excluding hydrogens is 460 g/mol. The number of imidazole rings is 1. The number of likely N-dealkylation sites (N-methyl/N-ethyl adjacent to an activating group) is 1. The Labute approximate surface area is 216 Å². The van der Waals surface area contributed by atoms with Gasteiger partial charge in [0.15, 0.2) is 0 Å². The second kappa shape index (κ2) is 10.5. The summed E-state index contributed by atoms with van der Waals surface area (Å²) >= 11 is 0. The Morgan fingerprint density at radius 1 is 0.784 bits per heavy atom. The van der Waals surface area contributed by atoms with Gasteiger partial charge in [0.25, 0.3) is 0 Å². The molecule has 0 saturated carbocycles. The Kier molecular flexibility index (Phi) is 6.58. The molecule has 0 aliphatic carbocycles. The maximum Gasteiger partial charge on any atom is 0.227 e. The molecule has 1 fully saturated rings. The first-order valence-corrected chi connectivity index (χ1v) is 12.8. The Balaban J connectivity index is 1.17. The van der Waals surface area contributed by atoms with Gasteiger partial charge in [-0.2, -0.15) is 0 Å². The molecule has 0 radical (unpaired) electrons. The van der Waals surface area contributed by atoms with Crippen molar-refractivity contribution >= 4 is 17.3 Å². The molecule has 0 unspecified atom stereocenters. The van der Waals surface area contributed by atoms with Crippen molar-refractivity contribution in [1.29, 1.82) is 0 Å². The Morgan fingerprint density at radius 2 is 1.62 bits per heavy atom. The third-order valence-electron chi connectivity index (χ3n) is 6.91. The molecule has 5 heterocycles. The summed E-state index contributed by atoms with van der Waals surface area (Å²) in [5, 5.41) is 3.30. The number of benzene rings is 1. The fourth-order valence-electron chi connectivity index (χ4n) is 4.75. The number of piperazine rings is 1. The minimum Gasteiger partial charge on any atom is -0.323 e. The van der Waals surface area contributed by atoms with Gasteiger partial charge in [0.2, 0.25) is 5.95 Å². The second-order valence-corrected chi connectivity index (χ2v) is 9.29. The first-order valence-electron chi connectivity index (χ1n) is 12.8. The highest BCUT2D eigenvalue weighted by Gasteiger charge is 2.16. The van der Waals surface area contributed by atoms with Crippen LogP contribution in [-0.4, -0.2) is 66.9 Å². The molecule has 0 atom stereocenters. The average molecular weight is 491 g/mol. The molecule has 0 spiro atoms. The molecule has 1 N–H and O–H groups in total. The van der Waals surface area contributed by atoms with Crippen LogP contribution in [0.15, 0.2) is 85.5 Å². The minimum atomic E-state index is 0.525.